The van der Waals surface area contributed by atoms with E-state index in [9.17, 15) is 24.8 Å². The van der Waals surface area contributed by atoms with Crippen LogP contribution in [0.3, 0.4) is 0 Å². The van der Waals surface area contributed by atoms with Gasteiger partial charge in [-0.3, -0.25) is 24.5 Å². The Labute approximate surface area is 105 Å². The van der Waals surface area contributed by atoms with Gasteiger partial charge in [-0.15, -0.1) is 0 Å². The molecule has 1 aromatic rings. The Morgan fingerprint density at radius 3 is 2.79 bits per heavy atom. The lowest BCUT2D eigenvalue weighted by atomic mass is 10.2. The van der Waals surface area contributed by atoms with Gasteiger partial charge in [-0.2, -0.15) is 0 Å². The van der Waals surface area contributed by atoms with Gasteiger partial charge in [0.2, 0.25) is 0 Å². The molecule has 1 saturated heterocycles. The van der Waals surface area contributed by atoms with Crippen molar-refractivity contribution >= 4 is 5.69 Å². The average Bonchev–Trinajstić information content (AvgIpc) is 2.70. The van der Waals surface area contributed by atoms with Crippen molar-refractivity contribution in [1.29, 1.82) is 0 Å². The van der Waals surface area contributed by atoms with Gasteiger partial charge in [0, 0.05) is 6.42 Å². The zero-order valence-corrected chi connectivity index (χ0v) is 9.55. The minimum absolute atomic E-state index is 0.0839. The second-order valence-electron chi connectivity index (χ2n) is 4.07. The number of aliphatic hydroxyl groups excluding tert-OH is 2. The average molecular weight is 273 g/mol. The molecule has 0 bridgehead atoms. The molecule has 104 valence electrons. The molecule has 19 heavy (non-hydrogen) atoms. The molecule has 1 aliphatic heterocycles. The van der Waals surface area contributed by atoms with Crippen LogP contribution in [0.2, 0.25) is 0 Å². The monoisotopic (exact) mass is 273 g/mol. The summed E-state index contributed by atoms with van der Waals surface area (Å²) < 4.78 is 5.92. The number of ether oxygens (including phenoxy) is 1. The van der Waals surface area contributed by atoms with Crippen LogP contribution in [0.4, 0.5) is 5.69 Å². The predicted molar refractivity (Wildman–Crippen MR) is 59.6 cm³/mol. The minimum Gasteiger partial charge on any atom is -0.394 e. The molecule has 0 radical (unpaired) electrons. The van der Waals surface area contributed by atoms with Gasteiger partial charge >= 0.3 is 16.9 Å². The SMILES string of the molecule is O=c1[nH]c(=O)n([C@@H]2O[C@H](CO)C[C@@H]2O)cc1[N+](=O)[O-]. The summed E-state index contributed by atoms with van der Waals surface area (Å²) in [5, 5.41) is 29.3. The molecule has 0 saturated carbocycles. The van der Waals surface area contributed by atoms with Crippen LogP contribution in [-0.4, -0.2) is 43.5 Å². The van der Waals surface area contributed by atoms with Gasteiger partial charge in [0.25, 0.3) is 0 Å². The fourth-order valence-corrected chi connectivity index (χ4v) is 1.89. The maximum atomic E-state index is 11.6. The second kappa shape index (κ2) is 4.91. The molecule has 3 atom stereocenters. The highest BCUT2D eigenvalue weighted by atomic mass is 16.6. The van der Waals surface area contributed by atoms with E-state index in [1.807, 2.05) is 0 Å². The van der Waals surface area contributed by atoms with E-state index in [-0.39, 0.29) is 13.0 Å². The summed E-state index contributed by atoms with van der Waals surface area (Å²) in [6, 6.07) is 0. The molecule has 10 nitrogen and oxygen atoms in total. The smallest absolute Gasteiger partial charge is 0.350 e. The number of hydrogen-bond donors (Lipinski definition) is 3. The zero-order chi connectivity index (χ0) is 14.2. The third-order valence-electron chi connectivity index (χ3n) is 2.79. The Morgan fingerprint density at radius 1 is 1.58 bits per heavy atom. The molecule has 0 aliphatic carbocycles. The van der Waals surface area contributed by atoms with Gasteiger partial charge in [0.15, 0.2) is 6.23 Å². The highest BCUT2D eigenvalue weighted by Gasteiger charge is 2.36. The van der Waals surface area contributed by atoms with Gasteiger partial charge in [-0.1, -0.05) is 0 Å². The highest BCUT2D eigenvalue weighted by molar-refractivity contribution is 5.21. The molecule has 3 N–H and O–H groups in total. The van der Waals surface area contributed by atoms with E-state index in [0.717, 1.165) is 10.8 Å². The van der Waals surface area contributed by atoms with Crippen molar-refractivity contribution in [2.24, 2.45) is 0 Å². The number of rotatable bonds is 3. The van der Waals surface area contributed by atoms with E-state index >= 15 is 0 Å². The minimum atomic E-state index is -1.18. The molecular weight excluding hydrogens is 262 g/mol. The van der Waals surface area contributed by atoms with Crippen LogP contribution in [0.15, 0.2) is 15.8 Å². The van der Waals surface area contributed by atoms with Crippen molar-refractivity contribution in [3.63, 3.8) is 0 Å². The summed E-state index contributed by atoms with van der Waals surface area (Å²) in [7, 11) is 0. The Morgan fingerprint density at radius 2 is 2.26 bits per heavy atom. The molecule has 0 spiro atoms. The third-order valence-corrected chi connectivity index (χ3v) is 2.79. The molecule has 0 amide bonds. The first-order chi connectivity index (χ1) is 8.93. The number of aliphatic hydroxyl groups is 2. The van der Waals surface area contributed by atoms with Crippen LogP contribution in [0.5, 0.6) is 0 Å². The molecule has 0 unspecified atom stereocenters. The summed E-state index contributed by atoms with van der Waals surface area (Å²) in [5.41, 5.74) is -2.89. The number of H-pyrrole nitrogens is 1. The summed E-state index contributed by atoms with van der Waals surface area (Å²) in [6.45, 7) is -0.353. The summed E-state index contributed by atoms with van der Waals surface area (Å²) >= 11 is 0. The Hall–Kier alpha value is -2.04. The first kappa shape index (κ1) is 13.4. The lowest BCUT2D eigenvalue weighted by Crippen LogP contribution is -2.36. The Bertz CT molecular complexity index is 607. The Kier molecular flexibility index (Phi) is 3.46. The van der Waals surface area contributed by atoms with Crippen molar-refractivity contribution in [1.82, 2.24) is 9.55 Å². The first-order valence-electron chi connectivity index (χ1n) is 5.38. The van der Waals surface area contributed by atoms with Crippen LogP contribution in [0.1, 0.15) is 12.6 Å². The van der Waals surface area contributed by atoms with E-state index in [1.165, 1.54) is 0 Å². The topological polar surface area (TPSA) is 148 Å². The molecule has 0 aromatic carbocycles. The van der Waals surface area contributed by atoms with E-state index in [2.05, 4.69) is 0 Å². The lowest BCUT2D eigenvalue weighted by molar-refractivity contribution is -0.387. The summed E-state index contributed by atoms with van der Waals surface area (Å²) in [6.07, 6.45) is -2.16. The quantitative estimate of drug-likeness (QED) is 0.429. The van der Waals surface area contributed by atoms with Crippen molar-refractivity contribution in [3.05, 3.63) is 37.1 Å². The van der Waals surface area contributed by atoms with Crippen molar-refractivity contribution in [3.8, 4) is 0 Å². The molecular formula is C9H11N3O7. The maximum Gasteiger partial charge on any atom is 0.350 e. The molecule has 10 heteroatoms. The summed E-state index contributed by atoms with van der Waals surface area (Å²) in [4.78, 5) is 34.2. The first-order valence-corrected chi connectivity index (χ1v) is 5.38. The van der Waals surface area contributed by atoms with E-state index in [0.29, 0.717) is 0 Å². The van der Waals surface area contributed by atoms with E-state index < -0.39 is 40.3 Å². The number of hydrogen-bond acceptors (Lipinski definition) is 7. The predicted octanol–water partition coefficient (Wildman–Crippen LogP) is -1.91. The highest BCUT2D eigenvalue weighted by Crippen LogP contribution is 2.27. The van der Waals surface area contributed by atoms with Crippen molar-refractivity contribution in [2.75, 3.05) is 6.61 Å². The molecule has 2 heterocycles. The summed E-state index contributed by atoms with van der Waals surface area (Å²) in [5.74, 6) is 0. The van der Waals surface area contributed by atoms with Crippen LogP contribution >= 0.6 is 0 Å². The standard InChI is InChI=1S/C9H11N3O7/c13-3-4-1-6(14)8(19-4)11-2-5(12(17)18)7(15)10-9(11)16/h2,4,6,8,13-14H,1,3H2,(H,10,15,16)/t4-,6-,8+/m0/s1. The number of nitrogens with zero attached hydrogens (tertiary/aromatic N) is 2. The molecule has 1 fully saturated rings. The van der Waals surface area contributed by atoms with E-state index in [4.69, 9.17) is 9.84 Å². The maximum absolute atomic E-state index is 11.6. The van der Waals surface area contributed by atoms with Crippen LogP contribution < -0.4 is 11.2 Å². The van der Waals surface area contributed by atoms with E-state index in [1.54, 1.807) is 4.98 Å². The molecule has 1 aliphatic rings. The van der Waals surface area contributed by atoms with Crippen LogP contribution in [0, 0.1) is 10.1 Å². The van der Waals surface area contributed by atoms with Crippen molar-refractivity contribution < 1.29 is 19.9 Å². The fourth-order valence-electron chi connectivity index (χ4n) is 1.89. The van der Waals surface area contributed by atoms with Crippen molar-refractivity contribution in [2.45, 2.75) is 24.9 Å². The zero-order valence-electron chi connectivity index (χ0n) is 9.55. The van der Waals surface area contributed by atoms with Gasteiger partial charge < -0.3 is 14.9 Å². The van der Waals surface area contributed by atoms with Gasteiger partial charge in [0.05, 0.1) is 23.8 Å². The number of aromatic nitrogens is 2. The van der Waals surface area contributed by atoms with Crippen LogP contribution in [0.25, 0.3) is 0 Å². The van der Waals surface area contributed by atoms with Gasteiger partial charge in [0.1, 0.15) is 6.10 Å². The third kappa shape index (κ3) is 2.41. The second-order valence-corrected chi connectivity index (χ2v) is 4.07. The number of nitro groups is 1. The largest absolute Gasteiger partial charge is 0.394 e. The molecule has 2 rings (SSSR count). The number of aromatic amines is 1. The normalized spacial score (nSPS) is 26.5. The number of nitrogens with one attached hydrogen (secondary N) is 1. The van der Waals surface area contributed by atoms with Gasteiger partial charge in [-0.25, -0.2) is 4.79 Å². The fraction of sp³-hybridized carbons (Fsp3) is 0.556. The molecule has 1 aromatic heterocycles. The van der Waals surface area contributed by atoms with Crippen LogP contribution in [-0.2, 0) is 4.74 Å². The Balaban J connectivity index is 2.46. The lowest BCUT2D eigenvalue weighted by Gasteiger charge is -2.16. The van der Waals surface area contributed by atoms with Gasteiger partial charge in [-0.05, 0) is 0 Å².